The largest absolute Gasteiger partial charge is 0.458 e. The zero-order valence-electron chi connectivity index (χ0n) is 26.0. The minimum absolute atomic E-state index is 0.0315. The Kier molecular flexibility index (Phi) is 8.13. The number of hydrogen-bond donors (Lipinski definition) is 3. The van der Waals surface area contributed by atoms with Crippen LogP contribution in [0.1, 0.15) is 72.1 Å². The summed E-state index contributed by atoms with van der Waals surface area (Å²) in [5, 5.41) is 37.5. The Balaban J connectivity index is 1.21. The molecule has 10 nitrogen and oxygen atoms in total. The highest BCUT2D eigenvalue weighted by molar-refractivity contribution is 5.85. The van der Waals surface area contributed by atoms with Crippen molar-refractivity contribution in [3.05, 3.63) is 11.6 Å². The Labute approximate surface area is 249 Å². The molecule has 1 saturated heterocycles. The highest BCUT2D eigenvalue weighted by atomic mass is 16.7. The van der Waals surface area contributed by atoms with Crippen LogP contribution in [0.4, 0.5) is 0 Å². The van der Waals surface area contributed by atoms with Gasteiger partial charge in [-0.15, -0.1) is 0 Å². The first-order valence-electron chi connectivity index (χ1n) is 15.9. The van der Waals surface area contributed by atoms with Crippen molar-refractivity contribution in [3.63, 3.8) is 0 Å². The van der Waals surface area contributed by atoms with Gasteiger partial charge in [0.2, 0.25) is 0 Å². The summed E-state index contributed by atoms with van der Waals surface area (Å²) in [5.41, 5.74) is -0.801. The molecule has 0 unspecified atom stereocenters. The summed E-state index contributed by atoms with van der Waals surface area (Å²) in [6.07, 6.45) is 4.74. The fourth-order valence-corrected chi connectivity index (χ4v) is 10.9. The van der Waals surface area contributed by atoms with Crippen LogP contribution in [0.5, 0.6) is 0 Å². The van der Waals surface area contributed by atoms with Crippen molar-refractivity contribution in [2.75, 3.05) is 27.9 Å². The van der Waals surface area contributed by atoms with Crippen molar-refractivity contribution in [2.45, 2.75) is 121 Å². The molecule has 0 radical (unpaired) electrons. The topological polar surface area (TPSA) is 127 Å². The number of ether oxygens (including phenoxy) is 4. The third kappa shape index (κ3) is 4.30. The van der Waals surface area contributed by atoms with Crippen molar-refractivity contribution in [2.24, 2.45) is 34.5 Å². The molecule has 6 rings (SSSR count). The molecular formula is C32H51NO9. The molecular weight excluding hydrogens is 542 g/mol. The number of hydroxylamine groups is 2. The first-order valence-corrected chi connectivity index (χ1v) is 15.9. The van der Waals surface area contributed by atoms with E-state index >= 15 is 0 Å². The first kappa shape index (κ1) is 30.9. The predicted octanol–water partition coefficient (Wildman–Crippen LogP) is 2.58. The second-order valence-electron chi connectivity index (χ2n) is 14.5. The lowest BCUT2D eigenvalue weighted by Crippen LogP contribution is -2.68. The Morgan fingerprint density at radius 1 is 0.976 bits per heavy atom. The monoisotopic (exact) mass is 593 g/mol. The Hall–Kier alpha value is -1.11. The van der Waals surface area contributed by atoms with E-state index in [1.54, 1.807) is 27.4 Å². The molecule has 0 aromatic heterocycles. The molecule has 2 heterocycles. The van der Waals surface area contributed by atoms with Crippen LogP contribution in [-0.2, 0) is 28.6 Å². The molecule has 4 saturated carbocycles. The summed E-state index contributed by atoms with van der Waals surface area (Å²) < 4.78 is 22.7. The smallest absolute Gasteiger partial charge is 0.331 e. The maximum absolute atomic E-state index is 12.5. The van der Waals surface area contributed by atoms with Gasteiger partial charge in [0.05, 0.1) is 24.9 Å². The van der Waals surface area contributed by atoms with Crippen molar-refractivity contribution in [1.29, 1.82) is 0 Å². The minimum atomic E-state index is -0.987. The van der Waals surface area contributed by atoms with Crippen molar-refractivity contribution >= 4 is 5.97 Å². The number of rotatable bonds is 6. The molecule has 0 amide bonds. The molecule has 3 N–H and O–H groups in total. The number of methoxy groups -OCH3 is 2. The Morgan fingerprint density at radius 3 is 2.36 bits per heavy atom. The maximum atomic E-state index is 12.5. The number of aliphatic hydroxyl groups is 3. The van der Waals surface area contributed by atoms with Crippen molar-refractivity contribution in [1.82, 2.24) is 5.06 Å². The van der Waals surface area contributed by atoms with Crippen LogP contribution >= 0.6 is 0 Å². The van der Waals surface area contributed by atoms with E-state index in [4.69, 9.17) is 23.8 Å². The quantitative estimate of drug-likeness (QED) is 0.312. The van der Waals surface area contributed by atoms with E-state index < -0.39 is 35.6 Å². The van der Waals surface area contributed by atoms with Gasteiger partial charge in [0.25, 0.3) is 0 Å². The van der Waals surface area contributed by atoms with E-state index in [9.17, 15) is 20.1 Å². The molecule has 10 heteroatoms. The summed E-state index contributed by atoms with van der Waals surface area (Å²) in [6, 6.07) is 0.0534. The van der Waals surface area contributed by atoms with Gasteiger partial charge in [-0.2, -0.15) is 5.06 Å². The highest BCUT2D eigenvalue weighted by Crippen LogP contribution is 2.70. The average Bonchev–Trinajstić information content (AvgIpc) is 3.51. The lowest BCUT2D eigenvalue weighted by atomic mass is 9.42. The third-order valence-electron chi connectivity index (χ3n) is 13.2. The number of nitrogens with zero attached hydrogens (tertiary/aromatic N) is 1. The lowest BCUT2D eigenvalue weighted by Gasteiger charge is -2.65. The molecule has 2 aliphatic heterocycles. The molecule has 0 aromatic carbocycles. The van der Waals surface area contributed by atoms with Gasteiger partial charge < -0.3 is 34.3 Å². The summed E-state index contributed by atoms with van der Waals surface area (Å²) in [7, 11) is 4.82. The van der Waals surface area contributed by atoms with Crippen LogP contribution in [0, 0.1) is 34.5 Å². The van der Waals surface area contributed by atoms with E-state index in [-0.39, 0.29) is 54.0 Å². The van der Waals surface area contributed by atoms with Crippen LogP contribution in [0.25, 0.3) is 0 Å². The van der Waals surface area contributed by atoms with Crippen molar-refractivity contribution in [3.8, 4) is 0 Å². The molecule has 4 aliphatic carbocycles. The second kappa shape index (κ2) is 11.1. The maximum Gasteiger partial charge on any atom is 0.331 e. The molecule has 6 aliphatic rings. The van der Waals surface area contributed by atoms with Crippen LogP contribution in [0.2, 0.25) is 0 Å². The molecule has 5 fully saturated rings. The molecule has 238 valence electrons. The summed E-state index contributed by atoms with van der Waals surface area (Å²) in [4.78, 5) is 17.8. The fraction of sp³-hybridized carbons (Fsp3) is 0.906. The number of cyclic esters (lactones) is 1. The molecule has 42 heavy (non-hydrogen) atoms. The van der Waals surface area contributed by atoms with Gasteiger partial charge >= 0.3 is 5.97 Å². The van der Waals surface area contributed by atoms with Crippen LogP contribution < -0.4 is 0 Å². The standard InChI is InChI=1S/C32H51NO9/c1-17-27(38-4)28(39-5)26(36)29(42-17)33(40-6)20-9-11-30(2)19(14-20)7-8-22-23(30)15-24(34)31(3)21(10-12-32(22,31)37)18-13-25(35)41-16-18/h13,17,19-24,26-29,34,36-37H,7-12,14-16H2,1-6H3/t17-,19-,20-,21-,22-,23+,24-,26-,27-,28-,29-,30+,31+,32+/m1/s1. The normalized spacial score (nSPS) is 52.4. The SMILES string of the molecule is CO[C@@H]1[C@@H](O)[C@H](N(OC)[C@@H]2CC[C@@]3(C)[C@H](CC[C@@H]4[C@@H]3C[C@@H](O)[C@]3(C)[C@@H](C5=CC(=O)OC5)CC[C@]43O)C2)O[C@H](C)[C@H]1OC. The van der Waals surface area contributed by atoms with Gasteiger partial charge in [-0.1, -0.05) is 13.8 Å². The van der Waals surface area contributed by atoms with Gasteiger partial charge in [-0.25, -0.2) is 4.79 Å². The molecule has 0 aromatic rings. The van der Waals surface area contributed by atoms with Gasteiger partial charge in [-0.05, 0) is 93.0 Å². The van der Waals surface area contributed by atoms with E-state index in [0.717, 1.165) is 44.1 Å². The zero-order chi connectivity index (χ0) is 30.2. The number of hydrogen-bond acceptors (Lipinski definition) is 10. The summed E-state index contributed by atoms with van der Waals surface area (Å²) in [5.74, 6) is 0.313. The van der Waals surface area contributed by atoms with E-state index in [0.29, 0.717) is 18.8 Å². The zero-order valence-corrected chi connectivity index (χ0v) is 26.0. The first-order chi connectivity index (χ1) is 19.9. The van der Waals surface area contributed by atoms with Gasteiger partial charge in [0.15, 0.2) is 6.23 Å². The third-order valence-corrected chi connectivity index (χ3v) is 13.2. The second-order valence-corrected chi connectivity index (χ2v) is 14.5. The Morgan fingerprint density at radius 2 is 1.71 bits per heavy atom. The van der Waals surface area contributed by atoms with E-state index in [2.05, 4.69) is 13.8 Å². The molecule has 0 bridgehead atoms. The number of carbonyl (C=O) groups is 1. The van der Waals surface area contributed by atoms with Crippen molar-refractivity contribution < 1.29 is 43.9 Å². The van der Waals surface area contributed by atoms with E-state index in [1.807, 2.05) is 12.0 Å². The van der Waals surface area contributed by atoms with Gasteiger partial charge in [-0.3, -0.25) is 4.84 Å². The van der Waals surface area contributed by atoms with Gasteiger partial charge in [0, 0.05) is 31.8 Å². The number of aliphatic hydroxyl groups excluding tert-OH is 2. The fourth-order valence-electron chi connectivity index (χ4n) is 10.9. The average molecular weight is 594 g/mol. The number of fused-ring (bicyclic) bond motifs is 5. The lowest BCUT2D eigenvalue weighted by molar-refractivity contribution is -0.344. The predicted molar refractivity (Wildman–Crippen MR) is 152 cm³/mol. The van der Waals surface area contributed by atoms with Gasteiger partial charge in [0.1, 0.15) is 24.9 Å². The minimum Gasteiger partial charge on any atom is -0.458 e. The number of carbonyl (C=O) groups excluding carboxylic acids is 1. The Bertz CT molecular complexity index is 1070. The molecule has 0 spiro atoms. The van der Waals surface area contributed by atoms with Crippen LogP contribution in [0.3, 0.4) is 0 Å². The summed E-state index contributed by atoms with van der Waals surface area (Å²) in [6.45, 7) is 6.62. The number of esters is 1. The summed E-state index contributed by atoms with van der Waals surface area (Å²) >= 11 is 0. The van der Waals surface area contributed by atoms with E-state index in [1.165, 1.54) is 0 Å². The van der Waals surface area contributed by atoms with Crippen LogP contribution in [-0.4, -0.2) is 103 Å². The molecule has 14 atom stereocenters. The van der Waals surface area contributed by atoms with Crippen LogP contribution in [0.15, 0.2) is 11.6 Å². The highest BCUT2D eigenvalue weighted by Gasteiger charge is 2.71.